The van der Waals surface area contributed by atoms with E-state index < -0.39 is 8.56 Å². The molecule has 0 atom stereocenters. The second kappa shape index (κ2) is 6.60. The summed E-state index contributed by atoms with van der Waals surface area (Å²) in [6.07, 6.45) is 0. The van der Waals surface area contributed by atoms with E-state index >= 15 is 0 Å². The molecule has 0 aromatic rings. The minimum absolute atomic E-state index is 1.04. The van der Waals surface area contributed by atoms with Gasteiger partial charge in [0.05, 0.1) is 0 Å². The van der Waals surface area contributed by atoms with E-state index in [1.807, 2.05) is 0 Å². The van der Waals surface area contributed by atoms with Gasteiger partial charge in [0.25, 0.3) is 8.56 Å². The van der Waals surface area contributed by atoms with Crippen LogP contribution in [0.15, 0.2) is 0 Å². The van der Waals surface area contributed by atoms with Gasteiger partial charge in [0, 0.05) is 0 Å². The molecule has 0 amide bonds. The maximum absolute atomic E-state index is 3.56. The summed E-state index contributed by atoms with van der Waals surface area (Å²) in [5.41, 5.74) is 0. The zero-order chi connectivity index (χ0) is 9.45. The SMILES string of the molecule is CCN[Si](CC)(NCC)NCC. The number of hydrogen-bond acceptors (Lipinski definition) is 3. The Hall–Kier alpha value is 0.0969. The van der Waals surface area contributed by atoms with Crippen LogP contribution in [0, 0.1) is 0 Å². The molecule has 0 aliphatic carbocycles. The molecule has 0 rings (SSSR count). The van der Waals surface area contributed by atoms with E-state index in [-0.39, 0.29) is 0 Å². The van der Waals surface area contributed by atoms with Gasteiger partial charge in [-0.2, -0.15) is 0 Å². The molecule has 3 nitrogen and oxygen atoms in total. The first-order valence-electron chi connectivity index (χ1n) is 4.99. The topological polar surface area (TPSA) is 36.1 Å². The molecule has 3 N–H and O–H groups in total. The lowest BCUT2D eigenvalue weighted by molar-refractivity contribution is 0.763. The Labute approximate surface area is 77.6 Å². The highest BCUT2D eigenvalue weighted by molar-refractivity contribution is 6.72. The Morgan fingerprint density at radius 3 is 1.25 bits per heavy atom. The third kappa shape index (κ3) is 3.67. The largest absolute Gasteiger partial charge is 0.314 e. The fourth-order valence-corrected chi connectivity index (χ4v) is 4.40. The Morgan fingerprint density at radius 2 is 1.08 bits per heavy atom. The Bertz CT molecular complexity index is 91.5. The summed E-state index contributed by atoms with van der Waals surface area (Å²) >= 11 is 0. The van der Waals surface area contributed by atoms with E-state index in [0.717, 1.165) is 19.6 Å². The molecule has 74 valence electrons. The lowest BCUT2D eigenvalue weighted by Gasteiger charge is -2.31. The highest BCUT2D eigenvalue weighted by atomic mass is 28.4. The van der Waals surface area contributed by atoms with Crippen molar-refractivity contribution in [1.29, 1.82) is 0 Å². The molecule has 0 aliphatic heterocycles. The van der Waals surface area contributed by atoms with Crippen molar-refractivity contribution < 1.29 is 0 Å². The van der Waals surface area contributed by atoms with E-state index in [0.29, 0.717) is 0 Å². The van der Waals surface area contributed by atoms with Crippen molar-refractivity contribution in [2.24, 2.45) is 0 Å². The van der Waals surface area contributed by atoms with Gasteiger partial charge in [-0.1, -0.05) is 27.7 Å². The molecule has 0 saturated carbocycles. The molecule has 0 heterocycles. The third-order valence-corrected chi connectivity index (χ3v) is 5.90. The van der Waals surface area contributed by atoms with Gasteiger partial charge < -0.3 is 14.9 Å². The van der Waals surface area contributed by atoms with Crippen molar-refractivity contribution in [3.63, 3.8) is 0 Å². The summed E-state index contributed by atoms with van der Waals surface area (Å²) in [7, 11) is -1.52. The Morgan fingerprint density at radius 1 is 0.750 bits per heavy atom. The van der Waals surface area contributed by atoms with Gasteiger partial charge in [-0.05, 0) is 25.7 Å². The monoisotopic (exact) mass is 189 g/mol. The molecule has 0 aliphatic rings. The van der Waals surface area contributed by atoms with Crippen LogP contribution in [0.25, 0.3) is 0 Å². The predicted octanol–water partition coefficient (Wildman–Crippen LogP) is 0.774. The van der Waals surface area contributed by atoms with Crippen LogP contribution in [0.4, 0.5) is 0 Å². The van der Waals surface area contributed by atoms with E-state index in [9.17, 15) is 0 Å². The lowest BCUT2D eigenvalue weighted by Crippen LogP contribution is -2.71. The summed E-state index contributed by atoms with van der Waals surface area (Å²) < 4.78 is 0. The molecule has 4 heteroatoms. The Kier molecular flexibility index (Phi) is 6.65. The second-order valence-corrected chi connectivity index (χ2v) is 6.43. The van der Waals surface area contributed by atoms with E-state index in [4.69, 9.17) is 0 Å². The molecule has 0 bridgehead atoms. The van der Waals surface area contributed by atoms with Crippen LogP contribution in [0.2, 0.25) is 6.04 Å². The van der Waals surface area contributed by atoms with Gasteiger partial charge in [-0.15, -0.1) is 0 Å². The Balaban J connectivity index is 4.06. The van der Waals surface area contributed by atoms with Crippen LogP contribution in [0.3, 0.4) is 0 Å². The summed E-state index contributed by atoms with van der Waals surface area (Å²) in [6.45, 7) is 11.8. The van der Waals surface area contributed by atoms with E-state index in [1.54, 1.807) is 0 Å². The molecule has 12 heavy (non-hydrogen) atoms. The summed E-state index contributed by atoms with van der Waals surface area (Å²) in [5, 5.41) is 0. The average Bonchev–Trinajstić information content (AvgIpc) is 2.06. The quantitative estimate of drug-likeness (QED) is 0.518. The van der Waals surface area contributed by atoms with Crippen LogP contribution >= 0.6 is 0 Å². The van der Waals surface area contributed by atoms with Crippen LogP contribution in [0.1, 0.15) is 27.7 Å². The van der Waals surface area contributed by atoms with Crippen molar-refractivity contribution in [3.05, 3.63) is 0 Å². The van der Waals surface area contributed by atoms with Gasteiger partial charge in [-0.3, -0.25) is 0 Å². The standard InChI is InChI=1S/C8H23N3Si/c1-5-9-12(8-4,10-6-2)11-7-3/h9-11H,5-8H2,1-4H3. The zero-order valence-electron chi connectivity index (χ0n) is 8.83. The lowest BCUT2D eigenvalue weighted by atomic mass is 10.8. The minimum Gasteiger partial charge on any atom is -0.314 e. The first kappa shape index (κ1) is 12.1. The van der Waals surface area contributed by atoms with Crippen LogP contribution in [0.5, 0.6) is 0 Å². The number of hydrogen-bond donors (Lipinski definition) is 3. The molecule has 0 radical (unpaired) electrons. The number of rotatable bonds is 7. The van der Waals surface area contributed by atoms with E-state index in [1.165, 1.54) is 6.04 Å². The highest BCUT2D eigenvalue weighted by Gasteiger charge is 2.28. The molecular formula is C8H23N3Si. The highest BCUT2D eigenvalue weighted by Crippen LogP contribution is 1.95. The van der Waals surface area contributed by atoms with Gasteiger partial charge in [0.1, 0.15) is 0 Å². The van der Waals surface area contributed by atoms with Crippen molar-refractivity contribution >= 4 is 8.56 Å². The van der Waals surface area contributed by atoms with Crippen LogP contribution in [-0.2, 0) is 0 Å². The van der Waals surface area contributed by atoms with Crippen LogP contribution in [-0.4, -0.2) is 28.2 Å². The molecule has 0 spiro atoms. The van der Waals surface area contributed by atoms with Gasteiger partial charge in [-0.25, -0.2) is 0 Å². The van der Waals surface area contributed by atoms with Crippen LogP contribution < -0.4 is 14.9 Å². The summed E-state index contributed by atoms with van der Waals surface area (Å²) in [4.78, 5) is 10.7. The molecular weight excluding hydrogens is 166 g/mol. The average molecular weight is 189 g/mol. The molecule has 0 fully saturated rings. The van der Waals surface area contributed by atoms with Crippen molar-refractivity contribution in [3.8, 4) is 0 Å². The van der Waals surface area contributed by atoms with Crippen molar-refractivity contribution in [2.75, 3.05) is 19.6 Å². The maximum Gasteiger partial charge on any atom is 0.281 e. The smallest absolute Gasteiger partial charge is 0.281 e. The summed E-state index contributed by atoms with van der Waals surface area (Å²) in [5.74, 6) is 0. The number of nitrogens with one attached hydrogen (secondary N) is 3. The van der Waals surface area contributed by atoms with E-state index in [2.05, 4.69) is 42.6 Å². The predicted molar refractivity (Wildman–Crippen MR) is 57.3 cm³/mol. The van der Waals surface area contributed by atoms with Crippen molar-refractivity contribution in [1.82, 2.24) is 14.9 Å². The third-order valence-electron chi connectivity index (χ3n) is 1.97. The first-order chi connectivity index (χ1) is 5.74. The second-order valence-electron chi connectivity index (χ2n) is 2.85. The van der Waals surface area contributed by atoms with Gasteiger partial charge in [0.15, 0.2) is 0 Å². The molecule has 0 saturated heterocycles. The zero-order valence-corrected chi connectivity index (χ0v) is 9.83. The van der Waals surface area contributed by atoms with Gasteiger partial charge >= 0.3 is 0 Å². The molecule has 0 unspecified atom stereocenters. The fraction of sp³-hybridized carbons (Fsp3) is 1.00. The normalized spacial score (nSPS) is 12.0. The van der Waals surface area contributed by atoms with Crippen molar-refractivity contribution in [2.45, 2.75) is 33.7 Å². The van der Waals surface area contributed by atoms with Gasteiger partial charge in [0.2, 0.25) is 0 Å². The molecule has 0 aromatic heterocycles. The summed E-state index contributed by atoms with van der Waals surface area (Å²) in [6, 6.07) is 1.18. The fourth-order valence-electron chi connectivity index (χ4n) is 1.47. The minimum atomic E-state index is -1.52. The maximum atomic E-state index is 3.56. The first-order valence-corrected chi connectivity index (χ1v) is 7.20. The molecule has 0 aromatic carbocycles.